The van der Waals surface area contributed by atoms with Gasteiger partial charge in [-0.2, -0.15) is 0 Å². The molecule has 0 spiro atoms. The average molecular weight is 416 g/mol. The topological polar surface area (TPSA) is 81.9 Å². The van der Waals surface area contributed by atoms with Crippen LogP contribution in [0.4, 0.5) is 0 Å². The predicted octanol–water partition coefficient (Wildman–Crippen LogP) is 0.568. The number of aromatic nitrogens is 2. The number of fused-ring (bicyclic) bond motifs is 4. The third-order valence-corrected chi connectivity index (χ3v) is 7.77. The maximum atomic E-state index is 13.7. The lowest BCUT2D eigenvalue weighted by atomic mass is 9.71. The van der Waals surface area contributed by atoms with E-state index in [0.717, 1.165) is 58.3 Å². The van der Waals surface area contributed by atoms with Crippen molar-refractivity contribution in [3.05, 3.63) is 18.7 Å². The van der Waals surface area contributed by atoms with Crippen LogP contribution in [0.3, 0.4) is 0 Å². The Morgan fingerprint density at radius 1 is 1.17 bits per heavy atom. The van der Waals surface area contributed by atoms with Gasteiger partial charge in [0.05, 0.1) is 19.0 Å². The van der Waals surface area contributed by atoms with Crippen LogP contribution in [-0.4, -0.2) is 92.1 Å². The SMILES string of the molecule is O=C([C@H]1[C@H]2C[C@H](CN(CCn3ccnc3)C2)[C@@H]2CCCC(=O)N21)N1CCC[C@H]1CO. The molecule has 4 saturated heterocycles. The van der Waals surface area contributed by atoms with E-state index in [2.05, 4.69) is 14.5 Å². The smallest absolute Gasteiger partial charge is 0.246 e. The van der Waals surface area contributed by atoms with Gasteiger partial charge in [0.25, 0.3) is 0 Å². The summed E-state index contributed by atoms with van der Waals surface area (Å²) in [6.07, 6.45) is 11.0. The molecule has 1 N–H and O–H groups in total. The second-order valence-corrected chi connectivity index (χ2v) is 9.53. The van der Waals surface area contributed by atoms with Gasteiger partial charge in [0, 0.05) is 63.5 Å². The highest BCUT2D eigenvalue weighted by atomic mass is 16.3. The first-order valence-corrected chi connectivity index (χ1v) is 11.6. The number of amides is 2. The Balaban J connectivity index is 1.38. The minimum absolute atomic E-state index is 0.0140. The van der Waals surface area contributed by atoms with Crippen molar-refractivity contribution >= 4 is 11.8 Å². The standard InChI is InChI=1S/C22H33N5O3/c28-14-18-3-2-7-26(18)22(30)21-17-11-16(19-4-1-5-20(29)27(19)21)12-25(13-17)10-9-24-8-6-23-15-24/h6,8,15-19,21,28H,1-5,7,9-14H2/t16-,17+,18+,19+,21-/m1/s1. The predicted molar refractivity (Wildman–Crippen MR) is 110 cm³/mol. The van der Waals surface area contributed by atoms with Crippen LogP contribution in [0.15, 0.2) is 18.7 Å². The van der Waals surface area contributed by atoms with E-state index in [0.29, 0.717) is 18.9 Å². The number of aliphatic hydroxyl groups excluding tert-OH is 1. The molecule has 2 amide bonds. The number of carbonyl (C=O) groups excluding carboxylic acids is 2. The van der Waals surface area contributed by atoms with Crippen molar-refractivity contribution in [2.45, 2.75) is 63.2 Å². The highest BCUT2D eigenvalue weighted by molar-refractivity contribution is 5.89. The number of piperidine rings is 3. The zero-order valence-electron chi connectivity index (χ0n) is 17.6. The molecule has 30 heavy (non-hydrogen) atoms. The Morgan fingerprint density at radius 3 is 2.83 bits per heavy atom. The second kappa shape index (κ2) is 8.30. The third-order valence-electron chi connectivity index (χ3n) is 7.77. The van der Waals surface area contributed by atoms with Gasteiger partial charge >= 0.3 is 0 Å². The number of hydrogen-bond acceptors (Lipinski definition) is 5. The van der Waals surface area contributed by atoms with Gasteiger partial charge in [0.1, 0.15) is 6.04 Å². The number of rotatable bonds is 5. The summed E-state index contributed by atoms with van der Waals surface area (Å²) in [5, 5.41) is 9.76. The van der Waals surface area contributed by atoms with Crippen LogP contribution < -0.4 is 0 Å². The highest BCUT2D eigenvalue weighted by Gasteiger charge is 2.53. The summed E-state index contributed by atoms with van der Waals surface area (Å²) in [7, 11) is 0. The Bertz CT molecular complexity index is 769. The van der Waals surface area contributed by atoms with Gasteiger partial charge in [-0.15, -0.1) is 0 Å². The first kappa shape index (κ1) is 20.0. The lowest BCUT2D eigenvalue weighted by Crippen LogP contribution is -2.69. The Labute approximate surface area is 177 Å². The second-order valence-electron chi connectivity index (χ2n) is 9.53. The van der Waals surface area contributed by atoms with E-state index in [4.69, 9.17) is 0 Å². The molecule has 5 heterocycles. The summed E-state index contributed by atoms with van der Waals surface area (Å²) in [4.78, 5) is 37.2. The maximum absolute atomic E-state index is 13.7. The Morgan fingerprint density at radius 2 is 2.03 bits per heavy atom. The van der Waals surface area contributed by atoms with E-state index in [-0.39, 0.29) is 42.5 Å². The third kappa shape index (κ3) is 3.54. The molecule has 0 unspecified atom stereocenters. The van der Waals surface area contributed by atoms with Crippen molar-refractivity contribution in [3.8, 4) is 0 Å². The van der Waals surface area contributed by atoms with Crippen LogP contribution >= 0.6 is 0 Å². The molecule has 5 rings (SSSR count). The van der Waals surface area contributed by atoms with E-state index >= 15 is 0 Å². The van der Waals surface area contributed by atoms with Crippen LogP contribution in [-0.2, 0) is 16.1 Å². The normalized spacial score (nSPS) is 34.3. The van der Waals surface area contributed by atoms with Gasteiger partial charge in [-0.1, -0.05) is 0 Å². The Kier molecular flexibility index (Phi) is 5.54. The van der Waals surface area contributed by atoms with Crippen LogP contribution in [0, 0.1) is 11.8 Å². The maximum Gasteiger partial charge on any atom is 0.246 e. The van der Waals surface area contributed by atoms with Crippen LogP contribution in [0.2, 0.25) is 0 Å². The minimum atomic E-state index is -0.359. The van der Waals surface area contributed by atoms with Crippen molar-refractivity contribution in [3.63, 3.8) is 0 Å². The van der Waals surface area contributed by atoms with Gasteiger partial charge in [-0.3, -0.25) is 9.59 Å². The van der Waals surface area contributed by atoms with Crippen molar-refractivity contribution in [2.75, 3.05) is 32.8 Å². The lowest BCUT2D eigenvalue weighted by molar-refractivity contribution is -0.166. The molecule has 4 aliphatic heterocycles. The summed E-state index contributed by atoms with van der Waals surface area (Å²) in [5.74, 6) is 0.863. The molecule has 0 aliphatic carbocycles. The molecule has 4 fully saturated rings. The van der Waals surface area contributed by atoms with Gasteiger partial charge in [-0.05, 0) is 38.0 Å². The molecular weight excluding hydrogens is 382 g/mol. The molecule has 8 heteroatoms. The quantitative estimate of drug-likeness (QED) is 0.760. The van der Waals surface area contributed by atoms with Crippen LogP contribution in [0.1, 0.15) is 38.5 Å². The van der Waals surface area contributed by atoms with E-state index in [1.54, 1.807) is 6.20 Å². The number of likely N-dealkylation sites (tertiary alicyclic amines) is 2. The van der Waals surface area contributed by atoms with Gasteiger partial charge in [-0.25, -0.2) is 4.98 Å². The summed E-state index contributed by atoms with van der Waals surface area (Å²) in [6, 6.07) is -0.264. The molecule has 8 nitrogen and oxygen atoms in total. The molecule has 5 atom stereocenters. The number of carbonyl (C=O) groups is 2. The summed E-state index contributed by atoms with van der Waals surface area (Å²) in [5.41, 5.74) is 0. The molecule has 1 aromatic rings. The molecule has 164 valence electrons. The van der Waals surface area contributed by atoms with E-state index < -0.39 is 0 Å². The number of imidazole rings is 1. The molecule has 4 aliphatic rings. The van der Waals surface area contributed by atoms with Crippen molar-refractivity contribution < 1.29 is 14.7 Å². The summed E-state index contributed by atoms with van der Waals surface area (Å²) < 4.78 is 2.10. The van der Waals surface area contributed by atoms with Crippen LogP contribution in [0.25, 0.3) is 0 Å². The number of nitrogens with zero attached hydrogens (tertiary/aromatic N) is 5. The zero-order chi connectivity index (χ0) is 20.7. The van der Waals surface area contributed by atoms with E-state index in [1.807, 2.05) is 22.3 Å². The highest BCUT2D eigenvalue weighted by Crippen LogP contribution is 2.42. The monoisotopic (exact) mass is 415 g/mol. The summed E-state index contributed by atoms with van der Waals surface area (Å²) >= 11 is 0. The molecule has 0 saturated carbocycles. The fourth-order valence-electron chi connectivity index (χ4n) is 6.41. The van der Waals surface area contributed by atoms with Gasteiger partial charge < -0.3 is 24.4 Å². The largest absolute Gasteiger partial charge is 0.394 e. The molecule has 0 aromatic carbocycles. The lowest BCUT2D eigenvalue weighted by Gasteiger charge is -2.56. The number of hydrogen-bond donors (Lipinski definition) is 1. The molecule has 1 aromatic heterocycles. The first-order valence-electron chi connectivity index (χ1n) is 11.6. The first-order chi connectivity index (χ1) is 14.7. The zero-order valence-corrected chi connectivity index (χ0v) is 17.6. The van der Waals surface area contributed by atoms with Crippen molar-refractivity contribution in [2.24, 2.45) is 11.8 Å². The number of aliphatic hydroxyl groups is 1. The van der Waals surface area contributed by atoms with Crippen LogP contribution in [0.5, 0.6) is 0 Å². The van der Waals surface area contributed by atoms with E-state index in [9.17, 15) is 14.7 Å². The van der Waals surface area contributed by atoms with E-state index in [1.165, 1.54) is 0 Å². The fourth-order valence-corrected chi connectivity index (χ4v) is 6.41. The van der Waals surface area contributed by atoms with Crippen molar-refractivity contribution in [1.82, 2.24) is 24.3 Å². The fraction of sp³-hybridized carbons (Fsp3) is 0.773. The Hall–Kier alpha value is -1.93. The average Bonchev–Trinajstić information content (AvgIpc) is 3.44. The van der Waals surface area contributed by atoms with Crippen molar-refractivity contribution in [1.29, 1.82) is 0 Å². The van der Waals surface area contributed by atoms with Gasteiger partial charge in [0.2, 0.25) is 11.8 Å². The van der Waals surface area contributed by atoms with Gasteiger partial charge in [0.15, 0.2) is 0 Å². The molecule has 2 bridgehead atoms. The minimum Gasteiger partial charge on any atom is -0.394 e. The summed E-state index contributed by atoms with van der Waals surface area (Å²) in [6.45, 7) is 4.41. The molecule has 0 radical (unpaired) electrons. The molecular formula is C22H33N5O3.